The minimum atomic E-state index is -4.85. The molecule has 0 saturated carbocycles. The Hall–Kier alpha value is -4.31. The molecule has 14 heteroatoms. The standard InChI is InChI=1S/C21H15ClF3N7O3/c1-30-11-13-8-17(15(22)9-16(13)29-30)27-18-28-19(33)31(7-6-26)20(34)32(18)10-12-2-4-14(5-3-12)35-21(23,24)25/h2-5,8-9,11H,7,10H2,1H3,(H,27,28,33). The molecule has 0 amide bonds. The molecule has 0 saturated heterocycles. The minimum Gasteiger partial charge on any atom is -0.406 e. The van der Waals surface area contributed by atoms with Crippen molar-refractivity contribution in [1.82, 2.24) is 23.9 Å². The van der Waals surface area contributed by atoms with Crippen molar-refractivity contribution in [2.45, 2.75) is 19.5 Å². The number of rotatable bonds is 6. The molecule has 35 heavy (non-hydrogen) atoms. The van der Waals surface area contributed by atoms with Gasteiger partial charge in [0.2, 0.25) is 5.95 Å². The van der Waals surface area contributed by atoms with Crippen molar-refractivity contribution < 1.29 is 17.9 Å². The first-order valence-corrected chi connectivity index (χ1v) is 10.2. The summed E-state index contributed by atoms with van der Waals surface area (Å²) < 4.78 is 44.4. The molecule has 0 aliphatic carbocycles. The quantitative estimate of drug-likeness (QED) is 0.427. The number of aryl methyl sites for hydroxylation is 1. The summed E-state index contributed by atoms with van der Waals surface area (Å²) in [6, 6.07) is 9.81. The van der Waals surface area contributed by atoms with E-state index in [1.54, 1.807) is 36.1 Å². The second kappa shape index (κ2) is 9.15. The average Bonchev–Trinajstić information content (AvgIpc) is 3.13. The lowest BCUT2D eigenvalue weighted by Gasteiger charge is -2.16. The van der Waals surface area contributed by atoms with Gasteiger partial charge in [-0.1, -0.05) is 23.7 Å². The first-order chi connectivity index (χ1) is 16.5. The minimum absolute atomic E-state index is 0.171. The summed E-state index contributed by atoms with van der Waals surface area (Å²) >= 11 is 6.35. The van der Waals surface area contributed by atoms with Crippen LogP contribution in [0, 0.1) is 11.3 Å². The summed E-state index contributed by atoms with van der Waals surface area (Å²) in [5, 5.41) is 17.1. The molecule has 2 heterocycles. The van der Waals surface area contributed by atoms with Crippen molar-refractivity contribution in [3.8, 4) is 11.8 Å². The van der Waals surface area contributed by atoms with Gasteiger partial charge in [-0.05, 0) is 29.8 Å². The number of aromatic nitrogens is 5. The van der Waals surface area contributed by atoms with Crippen LogP contribution in [0.1, 0.15) is 5.56 Å². The molecule has 0 unspecified atom stereocenters. The van der Waals surface area contributed by atoms with Gasteiger partial charge in [0.1, 0.15) is 12.3 Å². The smallest absolute Gasteiger partial charge is 0.406 e. The van der Waals surface area contributed by atoms with Crippen molar-refractivity contribution in [2.24, 2.45) is 7.05 Å². The zero-order chi connectivity index (χ0) is 25.3. The van der Waals surface area contributed by atoms with Crippen LogP contribution in [0.5, 0.6) is 5.75 Å². The summed E-state index contributed by atoms with van der Waals surface area (Å²) in [4.78, 5) is 29.3. The summed E-state index contributed by atoms with van der Waals surface area (Å²) in [5.74, 6) is -0.606. The van der Waals surface area contributed by atoms with Gasteiger partial charge in [0.25, 0.3) is 0 Å². The molecule has 0 aliphatic rings. The number of fused-ring (bicyclic) bond motifs is 1. The maximum Gasteiger partial charge on any atom is 0.573 e. The van der Waals surface area contributed by atoms with E-state index in [4.69, 9.17) is 16.9 Å². The van der Waals surface area contributed by atoms with Gasteiger partial charge < -0.3 is 10.1 Å². The molecule has 2 aromatic heterocycles. The van der Waals surface area contributed by atoms with E-state index in [0.717, 1.165) is 22.1 Å². The molecule has 0 spiro atoms. The highest BCUT2D eigenvalue weighted by atomic mass is 35.5. The van der Waals surface area contributed by atoms with Crippen LogP contribution in [0.2, 0.25) is 5.02 Å². The summed E-state index contributed by atoms with van der Waals surface area (Å²) in [7, 11) is 1.74. The molecule has 0 atom stereocenters. The van der Waals surface area contributed by atoms with Gasteiger partial charge in [-0.3, -0.25) is 9.25 Å². The number of ether oxygens (including phenoxy) is 1. The average molecular weight is 506 g/mol. The Morgan fingerprint density at radius 3 is 2.54 bits per heavy atom. The Morgan fingerprint density at radius 2 is 1.89 bits per heavy atom. The lowest BCUT2D eigenvalue weighted by molar-refractivity contribution is -0.274. The fraction of sp³-hybridized carbons (Fsp3) is 0.190. The molecule has 0 fully saturated rings. The Bertz CT molecular complexity index is 1570. The van der Waals surface area contributed by atoms with E-state index >= 15 is 0 Å². The van der Waals surface area contributed by atoms with Crippen molar-refractivity contribution >= 4 is 34.1 Å². The van der Waals surface area contributed by atoms with Crippen LogP contribution in [0.4, 0.5) is 24.8 Å². The third kappa shape index (κ3) is 5.28. The summed E-state index contributed by atoms with van der Waals surface area (Å²) in [5.41, 5.74) is -0.438. The lowest BCUT2D eigenvalue weighted by atomic mass is 10.2. The van der Waals surface area contributed by atoms with E-state index in [1.807, 2.05) is 0 Å². The zero-order valence-electron chi connectivity index (χ0n) is 17.9. The maximum atomic E-state index is 13.0. The van der Waals surface area contributed by atoms with E-state index in [0.29, 0.717) is 21.3 Å². The number of hydrogen-bond donors (Lipinski definition) is 1. The fourth-order valence-electron chi connectivity index (χ4n) is 3.34. The second-order valence-corrected chi connectivity index (χ2v) is 7.75. The molecule has 4 aromatic rings. The monoisotopic (exact) mass is 505 g/mol. The molecular weight excluding hydrogens is 491 g/mol. The van der Waals surface area contributed by atoms with Crippen molar-refractivity contribution in [3.63, 3.8) is 0 Å². The Morgan fingerprint density at radius 1 is 1.17 bits per heavy atom. The number of nitriles is 1. The van der Waals surface area contributed by atoms with Gasteiger partial charge in [-0.15, -0.1) is 13.2 Å². The molecular formula is C21H15ClF3N7O3. The number of halogens is 4. The zero-order valence-corrected chi connectivity index (χ0v) is 18.6. The topological polar surface area (TPSA) is 120 Å². The van der Waals surface area contributed by atoms with Gasteiger partial charge in [0, 0.05) is 18.6 Å². The van der Waals surface area contributed by atoms with E-state index in [1.165, 1.54) is 12.1 Å². The number of hydrogen-bond acceptors (Lipinski definition) is 7. The lowest BCUT2D eigenvalue weighted by Crippen LogP contribution is -2.42. The SMILES string of the molecule is Cn1cc2cc(Nc3nc(=O)n(CC#N)c(=O)n3Cc3ccc(OC(F)(F)F)cc3)c(Cl)cc2n1. The van der Waals surface area contributed by atoms with Crippen LogP contribution < -0.4 is 21.4 Å². The van der Waals surface area contributed by atoms with Crippen molar-refractivity contribution in [2.75, 3.05) is 5.32 Å². The van der Waals surface area contributed by atoms with Crippen LogP contribution in [-0.4, -0.2) is 30.3 Å². The second-order valence-electron chi connectivity index (χ2n) is 7.34. The van der Waals surface area contributed by atoms with E-state index in [9.17, 15) is 22.8 Å². The molecule has 10 nitrogen and oxygen atoms in total. The molecule has 180 valence electrons. The van der Waals surface area contributed by atoms with Gasteiger partial charge >= 0.3 is 17.7 Å². The normalized spacial score (nSPS) is 11.4. The predicted molar refractivity (Wildman–Crippen MR) is 120 cm³/mol. The number of benzene rings is 2. The van der Waals surface area contributed by atoms with Crippen LogP contribution in [0.25, 0.3) is 10.9 Å². The van der Waals surface area contributed by atoms with Crippen LogP contribution >= 0.6 is 11.6 Å². The van der Waals surface area contributed by atoms with Crippen molar-refractivity contribution in [1.29, 1.82) is 5.26 Å². The third-order valence-electron chi connectivity index (χ3n) is 4.83. The number of anilines is 2. The highest BCUT2D eigenvalue weighted by molar-refractivity contribution is 6.34. The number of nitrogens with one attached hydrogen (secondary N) is 1. The van der Waals surface area contributed by atoms with Crippen LogP contribution in [-0.2, 0) is 20.1 Å². The van der Waals surface area contributed by atoms with Gasteiger partial charge in [0.15, 0.2) is 0 Å². The van der Waals surface area contributed by atoms with Gasteiger partial charge in [-0.25, -0.2) is 14.2 Å². The van der Waals surface area contributed by atoms with Crippen LogP contribution in [0.3, 0.4) is 0 Å². The molecule has 4 rings (SSSR count). The van der Waals surface area contributed by atoms with Crippen LogP contribution in [0.15, 0.2) is 52.2 Å². The summed E-state index contributed by atoms with van der Waals surface area (Å²) in [6.07, 6.45) is -3.10. The van der Waals surface area contributed by atoms with E-state index < -0.39 is 30.0 Å². The number of alkyl halides is 3. The van der Waals surface area contributed by atoms with Gasteiger partial charge in [-0.2, -0.15) is 15.3 Å². The van der Waals surface area contributed by atoms with E-state index in [-0.39, 0.29) is 17.5 Å². The maximum absolute atomic E-state index is 13.0. The number of nitrogens with zero attached hydrogens (tertiary/aromatic N) is 6. The Labute approximate surface area is 199 Å². The molecule has 1 N–H and O–H groups in total. The van der Waals surface area contributed by atoms with E-state index in [2.05, 4.69) is 20.1 Å². The Kier molecular flexibility index (Phi) is 6.23. The first-order valence-electron chi connectivity index (χ1n) is 9.87. The largest absolute Gasteiger partial charge is 0.573 e. The molecule has 0 radical (unpaired) electrons. The van der Waals surface area contributed by atoms with Gasteiger partial charge in [0.05, 0.1) is 28.8 Å². The highest BCUT2D eigenvalue weighted by Gasteiger charge is 2.31. The molecule has 0 aliphatic heterocycles. The highest BCUT2D eigenvalue weighted by Crippen LogP contribution is 2.29. The van der Waals surface area contributed by atoms with Crippen molar-refractivity contribution in [3.05, 3.63) is 74.1 Å². The first kappa shape index (κ1) is 23.8. The fourth-order valence-corrected chi connectivity index (χ4v) is 3.54. The Balaban J connectivity index is 1.75. The third-order valence-corrected chi connectivity index (χ3v) is 5.14. The molecule has 2 aromatic carbocycles. The predicted octanol–water partition coefficient (Wildman–Crippen LogP) is 3.16. The summed E-state index contributed by atoms with van der Waals surface area (Å²) in [6.45, 7) is -0.718. The molecule has 0 bridgehead atoms.